The molecule has 142 valence electrons. The number of para-hydroxylation sites is 2. The highest BCUT2D eigenvalue weighted by Crippen LogP contribution is 2.25. The quantitative estimate of drug-likeness (QED) is 0.520. The van der Waals surface area contributed by atoms with Gasteiger partial charge in [-0.25, -0.2) is 4.98 Å². The molecule has 4 aromatic rings. The van der Waals surface area contributed by atoms with Crippen LogP contribution >= 0.6 is 0 Å². The van der Waals surface area contributed by atoms with Crippen LogP contribution < -0.4 is 10.5 Å². The van der Waals surface area contributed by atoms with Crippen LogP contribution in [0.15, 0.2) is 66.7 Å². The predicted octanol–water partition coefficient (Wildman–Crippen LogP) is 2.66. The summed E-state index contributed by atoms with van der Waals surface area (Å²) < 4.78 is 7.72. The van der Waals surface area contributed by atoms with E-state index in [2.05, 4.69) is 4.98 Å². The zero-order chi connectivity index (χ0) is 19.5. The molecule has 0 aliphatic heterocycles. The number of aromatic nitrogens is 2. The lowest BCUT2D eigenvalue weighted by atomic mass is 10.1. The largest absolute Gasteiger partial charge is 0.490 e. The highest BCUT2D eigenvalue weighted by Gasteiger charge is 2.16. The van der Waals surface area contributed by atoms with Crippen LogP contribution in [-0.2, 0) is 17.8 Å². The number of carbonyl (C=O) groups is 1. The van der Waals surface area contributed by atoms with Gasteiger partial charge >= 0.3 is 0 Å². The Kier molecular flexibility index (Phi) is 4.95. The van der Waals surface area contributed by atoms with Gasteiger partial charge in [0.2, 0.25) is 5.91 Å². The Morgan fingerprint density at radius 2 is 1.82 bits per heavy atom. The number of aliphatic hydroxyl groups is 1. The molecular formula is C22H21N3O3. The Hall–Kier alpha value is -3.38. The molecule has 0 aliphatic carbocycles. The molecule has 0 spiro atoms. The zero-order valence-corrected chi connectivity index (χ0v) is 15.3. The molecule has 0 saturated carbocycles. The number of hydrogen-bond donors (Lipinski definition) is 2. The van der Waals surface area contributed by atoms with Crippen molar-refractivity contribution in [2.24, 2.45) is 5.73 Å². The summed E-state index contributed by atoms with van der Waals surface area (Å²) in [5.41, 5.74) is 6.97. The molecule has 1 amide bonds. The minimum atomic E-state index is -0.775. The Morgan fingerprint density at radius 1 is 1.07 bits per heavy atom. The van der Waals surface area contributed by atoms with Crippen molar-refractivity contribution in [2.45, 2.75) is 19.1 Å². The van der Waals surface area contributed by atoms with Gasteiger partial charge in [0.25, 0.3) is 0 Å². The third-order valence-electron chi connectivity index (χ3n) is 4.64. The van der Waals surface area contributed by atoms with Crippen LogP contribution in [-0.4, -0.2) is 33.3 Å². The Morgan fingerprint density at radius 3 is 2.68 bits per heavy atom. The molecule has 1 aromatic heterocycles. The molecule has 6 heteroatoms. The topological polar surface area (TPSA) is 90.4 Å². The van der Waals surface area contributed by atoms with Gasteiger partial charge in [0.15, 0.2) is 0 Å². The molecule has 3 N–H and O–H groups in total. The van der Waals surface area contributed by atoms with Crippen molar-refractivity contribution < 1.29 is 14.6 Å². The monoisotopic (exact) mass is 375 g/mol. The van der Waals surface area contributed by atoms with E-state index in [1.165, 1.54) is 0 Å². The maximum atomic E-state index is 11.4. The summed E-state index contributed by atoms with van der Waals surface area (Å²) in [6.07, 6.45) is -0.755. The van der Waals surface area contributed by atoms with Gasteiger partial charge in [-0.05, 0) is 23.6 Å². The van der Waals surface area contributed by atoms with Crippen molar-refractivity contribution in [3.8, 4) is 5.75 Å². The number of ether oxygens (including phenoxy) is 1. The Bertz CT molecular complexity index is 1130. The molecule has 6 nitrogen and oxygen atoms in total. The minimum Gasteiger partial charge on any atom is -0.490 e. The van der Waals surface area contributed by atoms with Gasteiger partial charge in [-0.1, -0.05) is 48.5 Å². The average Bonchev–Trinajstić information content (AvgIpc) is 3.02. The molecule has 3 aromatic carbocycles. The van der Waals surface area contributed by atoms with E-state index in [0.717, 1.165) is 27.6 Å². The normalized spacial score (nSPS) is 12.3. The molecule has 0 unspecified atom stereocenters. The predicted molar refractivity (Wildman–Crippen MR) is 108 cm³/mol. The van der Waals surface area contributed by atoms with E-state index < -0.39 is 12.0 Å². The highest BCUT2D eigenvalue weighted by atomic mass is 16.5. The summed E-state index contributed by atoms with van der Waals surface area (Å²) in [5.74, 6) is 0.806. The molecule has 1 heterocycles. The number of fused-ring (bicyclic) bond motifs is 2. The van der Waals surface area contributed by atoms with Gasteiger partial charge in [0.05, 0.1) is 24.0 Å². The van der Waals surface area contributed by atoms with Crippen molar-refractivity contribution in [3.05, 3.63) is 72.6 Å². The smallest absolute Gasteiger partial charge is 0.225 e. The van der Waals surface area contributed by atoms with Crippen molar-refractivity contribution in [2.75, 3.05) is 6.61 Å². The molecule has 0 aliphatic rings. The fraction of sp³-hybridized carbons (Fsp3) is 0.182. The fourth-order valence-electron chi connectivity index (χ4n) is 3.39. The van der Waals surface area contributed by atoms with Gasteiger partial charge in [-0.2, -0.15) is 0 Å². The number of amides is 1. The lowest BCUT2D eigenvalue weighted by Crippen LogP contribution is -2.26. The van der Waals surface area contributed by atoms with Crippen LogP contribution in [0.25, 0.3) is 21.8 Å². The van der Waals surface area contributed by atoms with Gasteiger partial charge < -0.3 is 20.1 Å². The van der Waals surface area contributed by atoms with Gasteiger partial charge in [0.1, 0.15) is 24.3 Å². The number of primary amides is 1. The SMILES string of the molecule is NC(=O)Cc1nc2ccccc2n1C[C@H](O)COc1cccc2ccccc12. The molecule has 1 atom stereocenters. The maximum Gasteiger partial charge on any atom is 0.225 e. The van der Waals surface area contributed by atoms with E-state index in [1.807, 2.05) is 71.3 Å². The number of nitrogens with zero attached hydrogens (tertiary/aromatic N) is 2. The fourth-order valence-corrected chi connectivity index (χ4v) is 3.39. The first kappa shape index (κ1) is 18.0. The van der Waals surface area contributed by atoms with E-state index in [-0.39, 0.29) is 19.6 Å². The van der Waals surface area contributed by atoms with E-state index in [1.54, 1.807) is 0 Å². The summed E-state index contributed by atoms with van der Waals surface area (Å²) in [5, 5.41) is 12.7. The summed E-state index contributed by atoms with van der Waals surface area (Å²) in [6, 6.07) is 21.3. The van der Waals surface area contributed by atoms with Crippen LogP contribution in [0.3, 0.4) is 0 Å². The molecule has 0 bridgehead atoms. The van der Waals surface area contributed by atoms with Crippen molar-refractivity contribution in [1.82, 2.24) is 9.55 Å². The first-order valence-electron chi connectivity index (χ1n) is 9.13. The number of hydrogen-bond acceptors (Lipinski definition) is 4. The number of imidazole rings is 1. The van der Waals surface area contributed by atoms with Crippen molar-refractivity contribution in [1.29, 1.82) is 0 Å². The summed E-state index contributed by atoms with van der Waals surface area (Å²) >= 11 is 0. The number of benzene rings is 3. The van der Waals surface area contributed by atoms with Crippen LogP contribution in [0.1, 0.15) is 5.82 Å². The molecule has 0 radical (unpaired) electrons. The summed E-state index contributed by atoms with van der Waals surface area (Å²) in [7, 11) is 0. The summed E-state index contributed by atoms with van der Waals surface area (Å²) in [4.78, 5) is 15.9. The van der Waals surface area contributed by atoms with Crippen LogP contribution in [0.2, 0.25) is 0 Å². The maximum absolute atomic E-state index is 11.4. The number of nitrogens with two attached hydrogens (primary N) is 1. The highest BCUT2D eigenvalue weighted by molar-refractivity contribution is 5.88. The molecular weight excluding hydrogens is 354 g/mol. The number of rotatable bonds is 7. The third kappa shape index (κ3) is 3.68. The second-order valence-electron chi connectivity index (χ2n) is 6.71. The second-order valence-corrected chi connectivity index (χ2v) is 6.71. The first-order valence-corrected chi connectivity index (χ1v) is 9.13. The molecule has 4 rings (SSSR count). The van der Waals surface area contributed by atoms with Gasteiger partial charge in [0, 0.05) is 5.39 Å². The van der Waals surface area contributed by atoms with Crippen LogP contribution in [0.4, 0.5) is 0 Å². The van der Waals surface area contributed by atoms with E-state index in [0.29, 0.717) is 5.82 Å². The number of aliphatic hydroxyl groups excluding tert-OH is 1. The zero-order valence-electron chi connectivity index (χ0n) is 15.3. The number of carbonyl (C=O) groups excluding carboxylic acids is 1. The lowest BCUT2D eigenvalue weighted by molar-refractivity contribution is -0.117. The molecule has 28 heavy (non-hydrogen) atoms. The Balaban J connectivity index is 1.53. The van der Waals surface area contributed by atoms with E-state index in [4.69, 9.17) is 10.5 Å². The van der Waals surface area contributed by atoms with Crippen molar-refractivity contribution in [3.63, 3.8) is 0 Å². The van der Waals surface area contributed by atoms with E-state index in [9.17, 15) is 9.90 Å². The van der Waals surface area contributed by atoms with E-state index >= 15 is 0 Å². The minimum absolute atomic E-state index is 0.0194. The first-order chi connectivity index (χ1) is 13.6. The van der Waals surface area contributed by atoms with Crippen molar-refractivity contribution >= 4 is 27.7 Å². The third-order valence-corrected chi connectivity index (χ3v) is 4.64. The van der Waals surface area contributed by atoms with Gasteiger partial charge in [-0.3, -0.25) is 4.79 Å². The molecule has 0 saturated heterocycles. The lowest BCUT2D eigenvalue weighted by Gasteiger charge is -2.16. The standard InChI is InChI=1S/C22H21N3O3/c23-21(27)12-22-24-18-9-3-4-10-19(18)25(22)13-16(26)14-28-20-11-5-7-15-6-1-2-8-17(15)20/h1-11,16,26H,12-14H2,(H2,23,27)/t16-/m0/s1. The van der Waals surface area contributed by atoms with Crippen LogP contribution in [0, 0.1) is 0 Å². The average molecular weight is 375 g/mol. The van der Waals surface area contributed by atoms with Gasteiger partial charge in [-0.15, -0.1) is 0 Å². The van der Waals surface area contributed by atoms with Crippen LogP contribution in [0.5, 0.6) is 5.75 Å². The second kappa shape index (κ2) is 7.70. The summed E-state index contributed by atoms with van der Waals surface area (Å²) in [6.45, 7) is 0.379. The Labute approximate surface area is 162 Å². The molecule has 0 fully saturated rings.